The Kier molecular flexibility index (Phi) is 5.34. The standard InChI is InChI=1S/C13H7I3O4/c14-6-3-9(15)12(10(16)4-6)20-13(19)8-2-1-7(17)5-11(8)18/h1-5,17-18H. The first-order chi connectivity index (χ1) is 9.38. The van der Waals surface area contributed by atoms with Crippen LogP contribution in [0.1, 0.15) is 10.4 Å². The molecule has 0 unspecified atom stereocenters. The van der Waals surface area contributed by atoms with Crippen LogP contribution in [-0.2, 0) is 0 Å². The molecule has 0 aliphatic carbocycles. The van der Waals surface area contributed by atoms with E-state index in [0.717, 1.165) is 16.8 Å². The lowest BCUT2D eigenvalue weighted by molar-refractivity contribution is 0.0729. The second kappa shape index (κ2) is 6.64. The number of hydrogen-bond donors (Lipinski definition) is 2. The number of aromatic hydroxyl groups is 2. The lowest BCUT2D eigenvalue weighted by Gasteiger charge is -2.10. The number of hydrogen-bond acceptors (Lipinski definition) is 4. The third kappa shape index (κ3) is 3.67. The monoisotopic (exact) mass is 608 g/mol. The molecule has 0 atom stereocenters. The van der Waals surface area contributed by atoms with Crippen molar-refractivity contribution in [2.45, 2.75) is 0 Å². The Hall–Kier alpha value is -0.300. The largest absolute Gasteiger partial charge is 0.508 e. The van der Waals surface area contributed by atoms with Crippen LogP contribution in [0.3, 0.4) is 0 Å². The normalized spacial score (nSPS) is 10.3. The fourth-order valence-corrected chi connectivity index (χ4v) is 5.27. The number of halogens is 3. The summed E-state index contributed by atoms with van der Waals surface area (Å²) in [6, 6.07) is 7.52. The zero-order valence-corrected chi connectivity index (χ0v) is 16.2. The maximum atomic E-state index is 12.1. The molecule has 2 N–H and O–H groups in total. The molecule has 0 fully saturated rings. The molecular formula is C13H7I3O4. The molecule has 0 bridgehead atoms. The van der Waals surface area contributed by atoms with Gasteiger partial charge in [-0.3, -0.25) is 0 Å². The van der Waals surface area contributed by atoms with Gasteiger partial charge in [-0.1, -0.05) is 0 Å². The molecule has 2 rings (SSSR count). The van der Waals surface area contributed by atoms with Crippen LogP contribution < -0.4 is 4.74 Å². The molecule has 7 heteroatoms. The molecule has 0 radical (unpaired) electrons. The molecule has 0 spiro atoms. The summed E-state index contributed by atoms with van der Waals surface area (Å²) in [4.78, 5) is 12.1. The SMILES string of the molecule is O=C(Oc1c(I)cc(I)cc1I)c1ccc(O)cc1O. The van der Waals surface area contributed by atoms with Crippen LogP contribution in [0.25, 0.3) is 0 Å². The predicted molar refractivity (Wildman–Crippen MR) is 99.3 cm³/mol. The Balaban J connectivity index is 2.33. The lowest BCUT2D eigenvalue weighted by Crippen LogP contribution is -2.10. The van der Waals surface area contributed by atoms with Gasteiger partial charge in [0.05, 0.1) is 7.14 Å². The summed E-state index contributed by atoms with van der Waals surface area (Å²) in [5.74, 6) is -0.633. The van der Waals surface area contributed by atoms with Crippen molar-refractivity contribution in [1.29, 1.82) is 0 Å². The van der Waals surface area contributed by atoms with Crippen LogP contribution in [0.4, 0.5) is 0 Å². The topological polar surface area (TPSA) is 66.8 Å². The van der Waals surface area contributed by atoms with Gasteiger partial charge in [0.2, 0.25) is 0 Å². The number of esters is 1. The third-order valence-corrected chi connectivity index (χ3v) is 4.58. The molecule has 0 saturated heterocycles. The van der Waals surface area contributed by atoms with Gasteiger partial charge in [0.15, 0.2) is 5.75 Å². The van der Waals surface area contributed by atoms with E-state index >= 15 is 0 Å². The Labute approximate surface area is 156 Å². The number of rotatable bonds is 2. The van der Waals surface area contributed by atoms with Gasteiger partial charge in [0.1, 0.15) is 17.1 Å². The van der Waals surface area contributed by atoms with E-state index in [9.17, 15) is 15.0 Å². The summed E-state index contributed by atoms with van der Waals surface area (Å²) in [7, 11) is 0. The van der Waals surface area contributed by atoms with E-state index < -0.39 is 5.97 Å². The molecule has 20 heavy (non-hydrogen) atoms. The zero-order valence-electron chi connectivity index (χ0n) is 9.73. The molecule has 2 aromatic carbocycles. The van der Waals surface area contributed by atoms with Gasteiger partial charge < -0.3 is 14.9 Å². The highest BCUT2D eigenvalue weighted by Gasteiger charge is 2.17. The van der Waals surface area contributed by atoms with Gasteiger partial charge in [-0.15, -0.1) is 0 Å². The highest BCUT2D eigenvalue weighted by molar-refractivity contribution is 14.1. The fourth-order valence-electron chi connectivity index (χ4n) is 1.47. The number of phenolic OH excluding ortho intramolecular Hbond substituents is 2. The van der Waals surface area contributed by atoms with Crippen molar-refractivity contribution < 1.29 is 19.7 Å². The average molecular weight is 608 g/mol. The minimum atomic E-state index is -0.667. The van der Waals surface area contributed by atoms with Gasteiger partial charge in [0.25, 0.3) is 0 Å². The van der Waals surface area contributed by atoms with Gasteiger partial charge in [0, 0.05) is 9.64 Å². The number of ether oxygens (including phenoxy) is 1. The summed E-state index contributed by atoms with van der Waals surface area (Å²) >= 11 is 6.36. The lowest BCUT2D eigenvalue weighted by atomic mass is 10.2. The summed E-state index contributed by atoms with van der Waals surface area (Å²) < 4.78 is 8.01. The van der Waals surface area contributed by atoms with Crippen LogP contribution in [0, 0.1) is 10.7 Å². The van der Waals surface area contributed by atoms with Crippen LogP contribution >= 0.6 is 67.8 Å². The van der Waals surface area contributed by atoms with Crippen molar-refractivity contribution in [2.24, 2.45) is 0 Å². The summed E-state index contributed by atoms with van der Waals surface area (Å²) in [5, 5.41) is 18.9. The minimum Gasteiger partial charge on any atom is -0.508 e. The minimum absolute atomic E-state index is 0.00736. The van der Waals surface area contributed by atoms with Crippen molar-refractivity contribution in [3.05, 3.63) is 46.6 Å². The average Bonchev–Trinajstić information content (AvgIpc) is 2.33. The van der Waals surface area contributed by atoms with Gasteiger partial charge in [-0.25, -0.2) is 4.79 Å². The van der Waals surface area contributed by atoms with E-state index in [4.69, 9.17) is 4.74 Å². The first-order valence-electron chi connectivity index (χ1n) is 5.27. The quantitative estimate of drug-likeness (QED) is 0.306. The molecule has 0 aliphatic rings. The predicted octanol–water partition coefficient (Wildman–Crippen LogP) is 4.13. The van der Waals surface area contributed by atoms with E-state index in [1.54, 1.807) is 0 Å². The molecule has 0 aromatic heterocycles. The Morgan fingerprint density at radius 1 is 1.00 bits per heavy atom. The molecule has 4 nitrogen and oxygen atoms in total. The van der Waals surface area contributed by atoms with Crippen molar-refractivity contribution in [2.75, 3.05) is 0 Å². The molecule has 0 aliphatic heterocycles. The van der Waals surface area contributed by atoms with E-state index in [2.05, 4.69) is 67.8 Å². The third-order valence-electron chi connectivity index (χ3n) is 2.36. The van der Waals surface area contributed by atoms with Gasteiger partial charge >= 0.3 is 5.97 Å². The second-order valence-corrected chi connectivity index (χ2v) is 7.36. The Morgan fingerprint density at radius 2 is 1.60 bits per heavy atom. The van der Waals surface area contributed by atoms with Crippen LogP contribution in [0.5, 0.6) is 17.2 Å². The first kappa shape index (κ1) is 16.1. The second-order valence-electron chi connectivity index (χ2n) is 3.79. The molecular weight excluding hydrogens is 601 g/mol. The van der Waals surface area contributed by atoms with Crippen molar-refractivity contribution in [3.8, 4) is 17.2 Å². The van der Waals surface area contributed by atoms with Crippen molar-refractivity contribution in [1.82, 2.24) is 0 Å². The van der Waals surface area contributed by atoms with Gasteiger partial charge in [-0.2, -0.15) is 0 Å². The highest BCUT2D eigenvalue weighted by atomic mass is 127. The van der Waals surface area contributed by atoms with E-state index in [0.29, 0.717) is 5.75 Å². The Morgan fingerprint density at radius 3 is 2.15 bits per heavy atom. The number of carbonyl (C=O) groups excluding carboxylic acids is 1. The van der Waals surface area contributed by atoms with Crippen molar-refractivity contribution >= 4 is 73.7 Å². The smallest absolute Gasteiger partial charge is 0.347 e. The number of phenols is 2. The Bertz CT molecular complexity index is 662. The molecule has 0 saturated carbocycles. The zero-order chi connectivity index (χ0) is 14.9. The molecule has 0 amide bonds. The van der Waals surface area contributed by atoms with Gasteiger partial charge in [-0.05, 0) is 92.0 Å². The molecule has 2 aromatic rings. The first-order valence-corrected chi connectivity index (χ1v) is 8.51. The van der Waals surface area contributed by atoms with Crippen LogP contribution in [0.15, 0.2) is 30.3 Å². The molecule has 0 heterocycles. The van der Waals surface area contributed by atoms with E-state index in [1.807, 2.05) is 12.1 Å². The van der Waals surface area contributed by atoms with E-state index in [-0.39, 0.29) is 17.1 Å². The maximum Gasteiger partial charge on any atom is 0.347 e. The summed E-state index contributed by atoms with van der Waals surface area (Å²) in [5.41, 5.74) is 0.00736. The number of carbonyl (C=O) groups is 1. The van der Waals surface area contributed by atoms with Crippen molar-refractivity contribution in [3.63, 3.8) is 0 Å². The summed E-state index contributed by atoms with van der Waals surface area (Å²) in [6.45, 7) is 0. The van der Waals surface area contributed by atoms with E-state index in [1.165, 1.54) is 12.1 Å². The maximum absolute atomic E-state index is 12.1. The fraction of sp³-hybridized carbons (Fsp3) is 0. The van der Waals surface area contributed by atoms with Crippen LogP contribution in [0.2, 0.25) is 0 Å². The molecule has 104 valence electrons. The number of benzene rings is 2. The van der Waals surface area contributed by atoms with Crippen LogP contribution in [-0.4, -0.2) is 16.2 Å². The highest BCUT2D eigenvalue weighted by Crippen LogP contribution is 2.31. The summed E-state index contributed by atoms with van der Waals surface area (Å²) in [6.07, 6.45) is 0.